The third kappa shape index (κ3) is 3.80. The van der Waals surface area contributed by atoms with Gasteiger partial charge in [-0.1, -0.05) is 48.0 Å². The van der Waals surface area contributed by atoms with E-state index in [0.717, 1.165) is 23.1 Å². The first-order valence-corrected chi connectivity index (χ1v) is 7.63. The first kappa shape index (κ1) is 14.1. The van der Waals surface area contributed by atoms with Crippen LogP contribution in [0, 0.1) is 0 Å². The highest BCUT2D eigenvalue weighted by atomic mass is 79.9. The standard InChI is InChI=1S/C16H18BrNO/c1-3-12(2)14-5-7-15(8-6-14)19-16-9-4-13(10-17)11-18-16/h4-9,11-12H,3,10H2,1-2H3. The Balaban J connectivity index is 2.06. The van der Waals surface area contributed by atoms with Gasteiger partial charge in [0.05, 0.1) is 0 Å². The van der Waals surface area contributed by atoms with E-state index in [1.165, 1.54) is 5.56 Å². The molecule has 0 amide bonds. The monoisotopic (exact) mass is 319 g/mol. The minimum Gasteiger partial charge on any atom is -0.439 e. The van der Waals surface area contributed by atoms with Gasteiger partial charge in [0.25, 0.3) is 0 Å². The highest BCUT2D eigenvalue weighted by Gasteiger charge is 2.04. The third-order valence-electron chi connectivity index (χ3n) is 3.24. The number of halogens is 1. The maximum absolute atomic E-state index is 5.72. The molecule has 1 aromatic carbocycles. The SMILES string of the molecule is CCC(C)c1ccc(Oc2ccc(CBr)cn2)cc1. The Morgan fingerprint density at radius 3 is 2.42 bits per heavy atom. The van der Waals surface area contributed by atoms with Crippen LogP contribution in [0.3, 0.4) is 0 Å². The average molecular weight is 320 g/mol. The molecule has 0 aliphatic carbocycles. The zero-order valence-corrected chi connectivity index (χ0v) is 12.9. The van der Waals surface area contributed by atoms with E-state index in [4.69, 9.17) is 4.74 Å². The van der Waals surface area contributed by atoms with Gasteiger partial charge in [0, 0.05) is 17.6 Å². The van der Waals surface area contributed by atoms with Gasteiger partial charge in [-0.05, 0) is 35.6 Å². The Kier molecular flexibility index (Phi) is 4.97. The highest BCUT2D eigenvalue weighted by Crippen LogP contribution is 2.24. The molecular weight excluding hydrogens is 302 g/mol. The Morgan fingerprint density at radius 1 is 1.16 bits per heavy atom. The summed E-state index contributed by atoms with van der Waals surface area (Å²) in [5.74, 6) is 2.04. The van der Waals surface area contributed by atoms with Gasteiger partial charge in [-0.2, -0.15) is 0 Å². The van der Waals surface area contributed by atoms with Crippen LogP contribution in [0.25, 0.3) is 0 Å². The van der Waals surface area contributed by atoms with Gasteiger partial charge in [-0.15, -0.1) is 0 Å². The smallest absolute Gasteiger partial charge is 0.219 e. The molecule has 100 valence electrons. The summed E-state index contributed by atoms with van der Waals surface area (Å²) in [5.41, 5.74) is 2.48. The van der Waals surface area contributed by atoms with Crippen molar-refractivity contribution in [2.24, 2.45) is 0 Å². The molecule has 3 heteroatoms. The number of aromatic nitrogens is 1. The first-order chi connectivity index (χ1) is 9.22. The van der Waals surface area contributed by atoms with Gasteiger partial charge in [-0.25, -0.2) is 4.98 Å². The van der Waals surface area contributed by atoms with Crippen molar-refractivity contribution in [1.29, 1.82) is 0 Å². The Morgan fingerprint density at radius 2 is 1.89 bits per heavy atom. The summed E-state index contributed by atoms with van der Waals surface area (Å²) < 4.78 is 5.72. The fourth-order valence-corrected chi connectivity index (χ4v) is 2.10. The lowest BCUT2D eigenvalue weighted by Crippen LogP contribution is -1.92. The van der Waals surface area contributed by atoms with E-state index >= 15 is 0 Å². The van der Waals surface area contributed by atoms with Crippen molar-refractivity contribution in [2.75, 3.05) is 0 Å². The maximum atomic E-state index is 5.72. The lowest BCUT2D eigenvalue weighted by molar-refractivity contribution is 0.462. The second kappa shape index (κ2) is 6.71. The third-order valence-corrected chi connectivity index (χ3v) is 3.88. The summed E-state index contributed by atoms with van der Waals surface area (Å²) >= 11 is 3.40. The minimum atomic E-state index is 0.588. The topological polar surface area (TPSA) is 22.1 Å². The number of rotatable bonds is 5. The second-order valence-corrected chi connectivity index (χ2v) is 5.18. The van der Waals surface area contributed by atoms with Gasteiger partial charge in [0.1, 0.15) is 5.75 Å². The molecule has 0 fully saturated rings. The number of hydrogen-bond donors (Lipinski definition) is 0. The number of pyridine rings is 1. The Bertz CT molecular complexity index is 507. The number of alkyl halides is 1. The molecule has 19 heavy (non-hydrogen) atoms. The first-order valence-electron chi connectivity index (χ1n) is 6.51. The van der Waals surface area contributed by atoms with Gasteiger partial charge in [0.15, 0.2) is 0 Å². The fourth-order valence-electron chi connectivity index (χ4n) is 1.77. The van der Waals surface area contributed by atoms with Crippen molar-refractivity contribution < 1.29 is 4.74 Å². The summed E-state index contributed by atoms with van der Waals surface area (Å²) in [7, 11) is 0. The Labute approximate surface area is 123 Å². The van der Waals surface area contributed by atoms with E-state index in [-0.39, 0.29) is 0 Å². The van der Waals surface area contributed by atoms with E-state index in [9.17, 15) is 0 Å². The molecule has 0 N–H and O–H groups in total. The van der Waals surface area contributed by atoms with Crippen LogP contribution < -0.4 is 4.74 Å². The molecule has 0 saturated heterocycles. The molecule has 2 aromatic rings. The van der Waals surface area contributed by atoms with Crippen LogP contribution in [0.5, 0.6) is 11.6 Å². The van der Waals surface area contributed by atoms with Crippen LogP contribution in [0.4, 0.5) is 0 Å². The predicted octanol–water partition coefficient (Wildman–Crippen LogP) is 5.28. The molecule has 1 atom stereocenters. The molecule has 0 bridgehead atoms. The van der Waals surface area contributed by atoms with Gasteiger partial charge < -0.3 is 4.74 Å². The van der Waals surface area contributed by atoms with Crippen molar-refractivity contribution in [2.45, 2.75) is 31.5 Å². The molecule has 1 unspecified atom stereocenters. The maximum Gasteiger partial charge on any atom is 0.219 e. The molecule has 2 rings (SSSR count). The number of hydrogen-bond acceptors (Lipinski definition) is 2. The van der Waals surface area contributed by atoms with E-state index in [0.29, 0.717) is 11.8 Å². The molecule has 0 radical (unpaired) electrons. The van der Waals surface area contributed by atoms with Gasteiger partial charge in [-0.3, -0.25) is 0 Å². The highest BCUT2D eigenvalue weighted by molar-refractivity contribution is 9.08. The average Bonchev–Trinajstić information content (AvgIpc) is 2.48. The van der Waals surface area contributed by atoms with Gasteiger partial charge >= 0.3 is 0 Å². The molecule has 2 nitrogen and oxygen atoms in total. The minimum absolute atomic E-state index is 0.588. The number of benzene rings is 1. The molecule has 1 aromatic heterocycles. The van der Waals surface area contributed by atoms with Crippen molar-refractivity contribution >= 4 is 15.9 Å². The molecule has 0 spiro atoms. The summed E-state index contributed by atoms with van der Waals surface area (Å²) in [6, 6.07) is 12.1. The Hall–Kier alpha value is -1.35. The number of ether oxygens (including phenoxy) is 1. The summed E-state index contributed by atoms with van der Waals surface area (Å²) in [6.45, 7) is 4.43. The summed E-state index contributed by atoms with van der Waals surface area (Å²) in [5, 5.41) is 0.809. The zero-order chi connectivity index (χ0) is 13.7. The molecule has 0 saturated carbocycles. The van der Waals surface area contributed by atoms with Gasteiger partial charge in [0.2, 0.25) is 5.88 Å². The zero-order valence-electron chi connectivity index (χ0n) is 11.3. The number of nitrogens with zero attached hydrogens (tertiary/aromatic N) is 1. The van der Waals surface area contributed by atoms with Crippen molar-refractivity contribution in [3.8, 4) is 11.6 Å². The molecular formula is C16H18BrNO. The van der Waals surface area contributed by atoms with Crippen molar-refractivity contribution in [3.63, 3.8) is 0 Å². The van der Waals surface area contributed by atoms with Crippen LogP contribution in [0.2, 0.25) is 0 Å². The quantitative estimate of drug-likeness (QED) is 0.699. The van der Waals surface area contributed by atoms with Crippen LogP contribution in [0.15, 0.2) is 42.6 Å². The van der Waals surface area contributed by atoms with E-state index < -0.39 is 0 Å². The van der Waals surface area contributed by atoms with Crippen LogP contribution in [0.1, 0.15) is 37.3 Å². The summed E-state index contributed by atoms with van der Waals surface area (Å²) in [6.07, 6.45) is 2.97. The molecule has 1 heterocycles. The van der Waals surface area contributed by atoms with Crippen LogP contribution >= 0.6 is 15.9 Å². The van der Waals surface area contributed by atoms with Crippen molar-refractivity contribution in [1.82, 2.24) is 4.98 Å². The fraction of sp³-hybridized carbons (Fsp3) is 0.312. The van der Waals surface area contributed by atoms with E-state index in [2.05, 4.69) is 46.9 Å². The van der Waals surface area contributed by atoms with Crippen LogP contribution in [-0.4, -0.2) is 4.98 Å². The van der Waals surface area contributed by atoms with Crippen molar-refractivity contribution in [3.05, 3.63) is 53.7 Å². The lowest BCUT2D eigenvalue weighted by atomic mass is 9.99. The largest absolute Gasteiger partial charge is 0.439 e. The molecule has 0 aliphatic rings. The van der Waals surface area contributed by atoms with Crippen LogP contribution in [-0.2, 0) is 5.33 Å². The summed E-state index contributed by atoms with van der Waals surface area (Å²) in [4.78, 5) is 4.27. The molecule has 0 aliphatic heterocycles. The predicted molar refractivity (Wildman–Crippen MR) is 82.1 cm³/mol. The normalized spacial score (nSPS) is 12.2. The lowest BCUT2D eigenvalue weighted by Gasteiger charge is -2.10. The second-order valence-electron chi connectivity index (χ2n) is 4.62. The van der Waals surface area contributed by atoms with E-state index in [1.54, 1.807) is 0 Å². The van der Waals surface area contributed by atoms with E-state index in [1.807, 2.05) is 30.5 Å².